The van der Waals surface area contributed by atoms with Crippen LogP contribution in [0.5, 0.6) is 5.75 Å². The predicted octanol–water partition coefficient (Wildman–Crippen LogP) is 6.01. The smallest absolute Gasteiger partial charge is 0.266 e. The summed E-state index contributed by atoms with van der Waals surface area (Å²) in [4.78, 5) is 62.3. The lowest BCUT2D eigenvalue weighted by Gasteiger charge is -2.63. The lowest BCUT2D eigenvalue weighted by atomic mass is 9.49. The van der Waals surface area contributed by atoms with Gasteiger partial charge in [-0.15, -0.1) is 0 Å². The second-order valence-corrected chi connectivity index (χ2v) is 17.5. The molecular weight excluding hydrogens is 731 g/mol. The summed E-state index contributed by atoms with van der Waals surface area (Å²) >= 11 is 0. The lowest BCUT2D eigenvalue weighted by molar-refractivity contribution is -0.164. The number of aromatic amines is 1. The number of H-pyrrole nitrogens is 1. The van der Waals surface area contributed by atoms with Crippen LogP contribution in [0.25, 0.3) is 0 Å². The van der Waals surface area contributed by atoms with E-state index in [9.17, 15) is 24.4 Å². The average molecular weight is 782 g/mol. The van der Waals surface area contributed by atoms with Crippen LogP contribution >= 0.6 is 0 Å². The summed E-state index contributed by atoms with van der Waals surface area (Å²) in [6.45, 7) is 17.0. The first kappa shape index (κ1) is 38.9. The van der Waals surface area contributed by atoms with Gasteiger partial charge >= 0.3 is 0 Å². The quantitative estimate of drug-likeness (QED) is 0.196. The molecule has 8 rings (SSSR count). The largest absolute Gasteiger partial charge is 0.489 e. The molecule has 2 N–H and O–H groups in total. The zero-order valence-corrected chi connectivity index (χ0v) is 33.9. The molecule has 3 amide bonds. The van der Waals surface area contributed by atoms with Gasteiger partial charge in [-0.1, -0.05) is 27.7 Å². The highest BCUT2D eigenvalue weighted by Gasteiger charge is 2.64. The van der Waals surface area contributed by atoms with Crippen molar-refractivity contribution in [2.75, 3.05) is 60.5 Å². The van der Waals surface area contributed by atoms with E-state index < -0.39 is 0 Å². The number of rotatable bonds is 9. The van der Waals surface area contributed by atoms with Gasteiger partial charge in [-0.25, -0.2) is 4.90 Å². The molecule has 300 valence electrons. The van der Waals surface area contributed by atoms with Crippen molar-refractivity contribution in [2.45, 2.75) is 59.6 Å². The van der Waals surface area contributed by atoms with Crippen LogP contribution in [0.2, 0.25) is 0 Å². The molecule has 0 spiro atoms. The second kappa shape index (κ2) is 15.1. The van der Waals surface area contributed by atoms with Crippen molar-refractivity contribution in [1.29, 1.82) is 5.26 Å². The van der Waals surface area contributed by atoms with Crippen molar-refractivity contribution in [2.24, 2.45) is 16.7 Å². The number of nitrogens with one attached hydrogen (secondary N) is 2. The predicted molar refractivity (Wildman–Crippen MR) is 224 cm³/mol. The number of imide groups is 1. The number of carbonyl (C=O) groups excluding carboxylic acids is 3. The average Bonchev–Trinajstić information content (AvgIpc) is 3.47. The Labute approximate surface area is 339 Å². The molecule has 1 saturated carbocycles. The Morgan fingerprint density at radius 1 is 0.793 bits per heavy atom. The van der Waals surface area contributed by atoms with E-state index in [1.807, 2.05) is 43.3 Å². The Morgan fingerprint density at radius 3 is 2.07 bits per heavy atom. The first-order chi connectivity index (χ1) is 27.7. The molecule has 4 aliphatic rings. The standard InChI is InChI=1S/C46H51N7O5/c1-29-24-36(13-8-32(29)26-47)58-44-45(2,3)43(46(44,4)5)49-40(55)31-6-9-33(10-7-31)51-18-16-30(17-19-51)28-50-20-22-52(23-21-50)34-11-14-37-38(25-34)42(57)53(41(37)56)35-12-15-39(54)48-27-35/h6-15,24-25,27,30,43-44H,16-23,28H2,1-5H3,(H,48,54)(H,49,55)/t43-,44-. The maximum atomic E-state index is 13.5. The molecule has 0 unspecified atom stereocenters. The Bertz CT molecular complexity index is 2310. The lowest BCUT2D eigenvalue weighted by Crippen LogP contribution is -2.74. The molecule has 1 aromatic heterocycles. The molecule has 3 fully saturated rings. The highest BCUT2D eigenvalue weighted by atomic mass is 16.5. The van der Waals surface area contributed by atoms with Gasteiger partial charge in [0.25, 0.3) is 17.7 Å². The van der Waals surface area contributed by atoms with Gasteiger partial charge in [0.15, 0.2) is 0 Å². The number of fused-ring (bicyclic) bond motifs is 1. The molecule has 0 radical (unpaired) electrons. The number of hydrogen-bond acceptors (Lipinski definition) is 9. The molecule has 0 atom stereocenters. The monoisotopic (exact) mass is 781 g/mol. The molecular formula is C46H51N7O5. The van der Waals surface area contributed by atoms with Crippen LogP contribution in [0, 0.1) is 35.0 Å². The first-order valence-electron chi connectivity index (χ1n) is 20.3. The summed E-state index contributed by atoms with van der Waals surface area (Å²) in [5.41, 5.74) is 4.44. The molecule has 3 aromatic carbocycles. The molecule has 58 heavy (non-hydrogen) atoms. The Kier molecular flexibility index (Phi) is 10.1. The molecule has 2 saturated heterocycles. The zero-order valence-electron chi connectivity index (χ0n) is 33.9. The highest BCUT2D eigenvalue weighted by Crippen LogP contribution is 2.55. The minimum absolute atomic E-state index is 0.0850. The van der Waals surface area contributed by atoms with Crippen LogP contribution in [-0.2, 0) is 0 Å². The number of amides is 3. The fourth-order valence-electron chi connectivity index (χ4n) is 9.94. The van der Waals surface area contributed by atoms with Crippen molar-refractivity contribution in [3.63, 3.8) is 0 Å². The third-order valence-electron chi connectivity index (χ3n) is 12.9. The van der Waals surface area contributed by atoms with Crippen LogP contribution in [0.3, 0.4) is 0 Å². The summed E-state index contributed by atoms with van der Waals surface area (Å²) in [6.07, 6.45) is 3.48. The van der Waals surface area contributed by atoms with Gasteiger partial charge in [-0.2, -0.15) is 5.26 Å². The van der Waals surface area contributed by atoms with Gasteiger partial charge < -0.3 is 24.8 Å². The van der Waals surface area contributed by atoms with Gasteiger partial charge in [0, 0.05) is 91.9 Å². The van der Waals surface area contributed by atoms with Crippen LogP contribution in [0.4, 0.5) is 17.1 Å². The third-order valence-corrected chi connectivity index (χ3v) is 12.9. The molecule has 4 heterocycles. The van der Waals surface area contributed by atoms with E-state index >= 15 is 0 Å². The number of anilines is 3. The normalized spacial score (nSPS) is 21.6. The van der Waals surface area contributed by atoms with E-state index in [-0.39, 0.29) is 46.3 Å². The second-order valence-electron chi connectivity index (χ2n) is 17.5. The van der Waals surface area contributed by atoms with Crippen molar-refractivity contribution < 1.29 is 19.1 Å². The van der Waals surface area contributed by atoms with E-state index in [4.69, 9.17) is 4.74 Å². The topological polar surface area (TPSA) is 142 Å². The maximum absolute atomic E-state index is 13.5. The maximum Gasteiger partial charge on any atom is 0.266 e. The van der Waals surface area contributed by atoms with E-state index in [2.05, 4.69) is 70.9 Å². The molecule has 4 aromatic rings. The van der Waals surface area contributed by atoms with Gasteiger partial charge in [0.1, 0.15) is 11.9 Å². The number of pyridine rings is 1. The van der Waals surface area contributed by atoms with Crippen molar-refractivity contribution in [3.8, 4) is 11.8 Å². The van der Waals surface area contributed by atoms with Gasteiger partial charge in [-0.3, -0.25) is 24.1 Å². The first-order valence-corrected chi connectivity index (χ1v) is 20.3. The number of aryl methyl sites for hydroxylation is 1. The number of nitrogens with zero attached hydrogens (tertiary/aromatic N) is 5. The fraction of sp³-hybridized carbons (Fsp3) is 0.413. The van der Waals surface area contributed by atoms with Crippen LogP contribution < -0.4 is 30.3 Å². The van der Waals surface area contributed by atoms with Crippen molar-refractivity contribution in [3.05, 3.63) is 117 Å². The number of hydrogen-bond donors (Lipinski definition) is 2. The zero-order chi connectivity index (χ0) is 40.9. The van der Waals surface area contributed by atoms with E-state index in [0.29, 0.717) is 33.9 Å². The summed E-state index contributed by atoms with van der Waals surface area (Å²) in [5, 5.41) is 12.6. The summed E-state index contributed by atoms with van der Waals surface area (Å²) < 4.78 is 6.47. The third kappa shape index (κ3) is 7.13. The van der Waals surface area contributed by atoms with E-state index in [1.54, 1.807) is 12.1 Å². The van der Waals surface area contributed by atoms with E-state index in [1.165, 1.54) is 18.3 Å². The van der Waals surface area contributed by atoms with Gasteiger partial charge in [0.2, 0.25) is 5.56 Å². The Hall–Kier alpha value is -5.93. The molecule has 3 aliphatic heterocycles. The van der Waals surface area contributed by atoms with Gasteiger partial charge in [-0.05, 0) is 98.0 Å². The minimum Gasteiger partial charge on any atom is -0.489 e. The number of nitriles is 1. The highest BCUT2D eigenvalue weighted by molar-refractivity contribution is 6.34. The number of piperazine rings is 1. The number of ether oxygens (including phenoxy) is 1. The van der Waals surface area contributed by atoms with E-state index in [0.717, 1.165) is 86.2 Å². The Balaban J connectivity index is 0.794. The fourth-order valence-corrected chi connectivity index (χ4v) is 9.94. The SMILES string of the molecule is Cc1cc(O[C@H]2C(C)(C)[C@H](NC(=O)c3ccc(N4CCC(CN5CCN(c6ccc7c(c6)C(=O)N(c6ccc(=O)[nH]c6)C7=O)CC5)CC4)cc3)C2(C)C)ccc1C#N. The number of benzene rings is 3. The van der Waals surface area contributed by atoms with Crippen LogP contribution in [-0.4, -0.2) is 85.6 Å². The van der Waals surface area contributed by atoms with Crippen molar-refractivity contribution >= 4 is 34.8 Å². The molecule has 12 heteroatoms. The Morgan fingerprint density at radius 2 is 1.43 bits per heavy atom. The molecule has 1 aliphatic carbocycles. The minimum atomic E-state index is -0.384. The number of aromatic nitrogens is 1. The van der Waals surface area contributed by atoms with Gasteiger partial charge in [0.05, 0.1) is 28.4 Å². The molecule has 0 bridgehead atoms. The van der Waals surface area contributed by atoms with Crippen LogP contribution in [0.1, 0.15) is 82.7 Å². The number of carbonyl (C=O) groups is 3. The summed E-state index contributed by atoms with van der Waals surface area (Å²) in [5.74, 6) is 0.495. The molecule has 12 nitrogen and oxygen atoms in total. The van der Waals surface area contributed by atoms with Crippen molar-refractivity contribution in [1.82, 2.24) is 15.2 Å². The summed E-state index contributed by atoms with van der Waals surface area (Å²) in [7, 11) is 0. The number of piperidine rings is 1. The van der Waals surface area contributed by atoms with Crippen LogP contribution in [0.15, 0.2) is 83.8 Å². The summed E-state index contributed by atoms with van der Waals surface area (Å²) in [6, 6.07) is 23.9.